The van der Waals surface area contributed by atoms with Crippen LogP contribution in [0.3, 0.4) is 0 Å². The number of amides is 1. The van der Waals surface area contributed by atoms with E-state index < -0.39 is 11.5 Å². The summed E-state index contributed by atoms with van der Waals surface area (Å²) in [7, 11) is 1.28. The summed E-state index contributed by atoms with van der Waals surface area (Å²) in [5.41, 5.74) is 5.96. The second-order valence-corrected chi connectivity index (χ2v) is 5.41. The molecule has 1 aromatic rings. The van der Waals surface area contributed by atoms with E-state index in [2.05, 4.69) is 10.1 Å². The van der Waals surface area contributed by atoms with Crippen molar-refractivity contribution in [1.82, 2.24) is 0 Å². The Morgan fingerprint density at radius 3 is 2.60 bits per heavy atom. The molecule has 1 amide bonds. The van der Waals surface area contributed by atoms with E-state index in [0.29, 0.717) is 18.5 Å². The monoisotopic (exact) mass is 296 g/mol. The van der Waals surface area contributed by atoms with Gasteiger partial charge in [0.15, 0.2) is 0 Å². The van der Waals surface area contributed by atoms with Crippen molar-refractivity contribution in [3.63, 3.8) is 0 Å². The minimum atomic E-state index is -0.814. The fraction of sp³-hybridized carbons (Fsp3) is 0.429. The van der Waals surface area contributed by atoms with Crippen molar-refractivity contribution in [3.05, 3.63) is 28.8 Å². The SMILES string of the molecule is COC(=O)c1cc(NC(=O)C2(N)CCCC2)ccc1Cl. The second-order valence-electron chi connectivity index (χ2n) is 5.00. The third kappa shape index (κ3) is 2.94. The van der Waals surface area contributed by atoms with Gasteiger partial charge in [-0.05, 0) is 31.0 Å². The van der Waals surface area contributed by atoms with Gasteiger partial charge in [-0.1, -0.05) is 24.4 Å². The Balaban J connectivity index is 2.17. The molecule has 0 saturated heterocycles. The summed E-state index contributed by atoms with van der Waals surface area (Å²) in [6, 6.07) is 4.66. The van der Waals surface area contributed by atoms with Crippen LogP contribution in [-0.4, -0.2) is 24.5 Å². The topological polar surface area (TPSA) is 81.4 Å². The number of methoxy groups -OCH3 is 1. The van der Waals surface area contributed by atoms with Crippen LogP contribution in [0.4, 0.5) is 5.69 Å². The van der Waals surface area contributed by atoms with E-state index >= 15 is 0 Å². The number of anilines is 1. The number of nitrogens with one attached hydrogen (secondary N) is 1. The lowest BCUT2D eigenvalue weighted by atomic mass is 9.98. The average Bonchev–Trinajstić information content (AvgIpc) is 2.88. The van der Waals surface area contributed by atoms with Crippen molar-refractivity contribution < 1.29 is 14.3 Å². The molecule has 20 heavy (non-hydrogen) atoms. The maximum absolute atomic E-state index is 12.2. The van der Waals surface area contributed by atoms with Gasteiger partial charge in [-0.3, -0.25) is 4.79 Å². The number of rotatable bonds is 3. The average molecular weight is 297 g/mol. The van der Waals surface area contributed by atoms with E-state index in [1.54, 1.807) is 12.1 Å². The maximum Gasteiger partial charge on any atom is 0.339 e. The molecule has 0 aromatic heterocycles. The highest BCUT2D eigenvalue weighted by Gasteiger charge is 2.37. The van der Waals surface area contributed by atoms with Crippen molar-refractivity contribution >= 4 is 29.2 Å². The molecule has 1 aromatic carbocycles. The van der Waals surface area contributed by atoms with Gasteiger partial charge in [0.05, 0.1) is 23.2 Å². The first-order chi connectivity index (χ1) is 9.46. The van der Waals surface area contributed by atoms with Crippen LogP contribution in [0.25, 0.3) is 0 Å². The molecule has 0 aliphatic heterocycles. The zero-order valence-electron chi connectivity index (χ0n) is 11.2. The number of benzene rings is 1. The number of hydrogen-bond donors (Lipinski definition) is 2. The van der Waals surface area contributed by atoms with E-state index in [-0.39, 0.29) is 16.5 Å². The van der Waals surface area contributed by atoms with Gasteiger partial charge in [0.1, 0.15) is 0 Å². The fourth-order valence-electron chi connectivity index (χ4n) is 2.36. The minimum absolute atomic E-state index is 0.212. The Bertz CT molecular complexity index is 539. The van der Waals surface area contributed by atoms with Gasteiger partial charge in [0, 0.05) is 5.69 Å². The van der Waals surface area contributed by atoms with Gasteiger partial charge in [0.25, 0.3) is 0 Å². The van der Waals surface area contributed by atoms with Crippen LogP contribution < -0.4 is 11.1 Å². The number of esters is 1. The molecule has 2 rings (SSSR count). The van der Waals surface area contributed by atoms with Crippen molar-refractivity contribution in [1.29, 1.82) is 0 Å². The molecule has 108 valence electrons. The summed E-state index contributed by atoms with van der Waals surface area (Å²) < 4.78 is 4.64. The predicted molar refractivity (Wildman–Crippen MR) is 76.8 cm³/mol. The molecule has 0 spiro atoms. The van der Waals surface area contributed by atoms with E-state index in [9.17, 15) is 9.59 Å². The van der Waals surface area contributed by atoms with Crippen LogP contribution in [0, 0.1) is 0 Å². The first-order valence-corrected chi connectivity index (χ1v) is 6.82. The molecule has 1 saturated carbocycles. The zero-order chi connectivity index (χ0) is 14.8. The molecular formula is C14H17ClN2O3. The third-order valence-corrected chi connectivity index (χ3v) is 3.91. The Kier molecular flexibility index (Phi) is 4.30. The molecule has 1 fully saturated rings. The van der Waals surface area contributed by atoms with E-state index in [0.717, 1.165) is 12.8 Å². The van der Waals surface area contributed by atoms with Gasteiger partial charge >= 0.3 is 5.97 Å². The largest absolute Gasteiger partial charge is 0.465 e. The van der Waals surface area contributed by atoms with Crippen molar-refractivity contribution in [2.45, 2.75) is 31.2 Å². The van der Waals surface area contributed by atoms with Gasteiger partial charge < -0.3 is 15.8 Å². The zero-order valence-corrected chi connectivity index (χ0v) is 12.0. The van der Waals surface area contributed by atoms with Crippen molar-refractivity contribution in [2.24, 2.45) is 5.73 Å². The molecule has 0 unspecified atom stereocenters. The summed E-state index contributed by atoms with van der Waals surface area (Å²) in [6.07, 6.45) is 3.27. The second kappa shape index (κ2) is 5.81. The molecule has 1 aliphatic rings. The molecule has 0 atom stereocenters. The standard InChI is InChI=1S/C14H17ClN2O3/c1-20-12(18)10-8-9(4-5-11(10)15)17-13(19)14(16)6-2-3-7-14/h4-5,8H,2-3,6-7,16H2,1H3,(H,17,19). The van der Waals surface area contributed by atoms with Crippen LogP contribution in [-0.2, 0) is 9.53 Å². The fourth-order valence-corrected chi connectivity index (χ4v) is 2.55. The van der Waals surface area contributed by atoms with Crippen LogP contribution in [0.1, 0.15) is 36.0 Å². The number of nitrogens with two attached hydrogens (primary N) is 1. The highest BCUT2D eigenvalue weighted by atomic mass is 35.5. The quantitative estimate of drug-likeness (QED) is 0.839. The molecule has 1 aliphatic carbocycles. The summed E-state index contributed by atoms with van der Waals surface area (Å²) >= 11 is 5.92. The van der Waals surface area contributed by atoms with Gasteiger partial charge in [-0.2, -0.15) is 0 Å². The smallest absolute Gasteiger partial charge is 0.339 e. The molecule has 5 nitrogen and oxygen atoms in total. The van der Waals surface area contributed by atoms with Crippen molar-refractivity contribution in [2.75, 3.05) is 12.4 Å². The van der Waals surface area contributed by atoms with Gasteiger partial charge in [-0.15, -0.1) is 0 Å². The van der Waals surface area contributed by atoms with Crippen molar-refractivity contribution in [3.8, 4) is 0 Å². The lowest BCUT2D eigenvalue weighted by Crippen LogP contribution is -2.48. The molecule has 3 N–H and O–H groups in total. The van der Waals surface area contributed by atoms with Crippen LogP contribution in [0.5, 0.6) is 0 Å². The van der Waals surface area contributed by atoms with E-state index in [1.807, 2.05) is 0 Å². The van der Waals surface area contributed by atoms with Gasteiger partial charge in [0.2, 0.25) is 5.91 Å². The lowest BCUT2D eigenvalue weighted by molar-refractivity contribution is -0.121. The Hall–Kier alpha value is -1.59. The lowest BCUT2D eigenvalue weighted by Gasteiger charge is -2.22. The number of hydrogen-bond acceptors (Lipinski definition) is 4. The minimum Gasteiger partial charge on any atom is -0.465 e. The van der Waals surface area contributed by atoms with Crippen LogP contribution in [0.2, 0.25) is 5.02 Å². The molecule has 6 heteroatoms. The van der Waals surface area contributed by atoms with E-state index in [4.69, 9.17) is 17.3 Å². The third-order valence-electron chi connectivity index (χ3n) is 3.58. The Morgan fingerprint density at radius 2 is 2.00 bits per heavy atom. The van der Waals surface area contributed by atoms with Gasteiger partial charge in [-0.25, -0.2) is 4.79 Å². The normalized spacial score (nSPS) is 16.8. The number of carbonyl (C=O) groups excluding carboxylic acids is 2. The maximum atomic E-state index is 12.2. The Morgan fingerprint density at radius 1 is 1.35 bits per heavy atom. The molecule has 0 bridgehead atoms. The summed E-state index contributed by atoms with van der Waals surface area (Å²) in [5, 5.41) is 3.02. The van der Waals surface area contributed by atoms with Crippen LogP contribution >= 0.6 is 11.6 Å². The van der Waals surface area contributed by atoms with Crippen LogP contribution in [0.15, 0.2) is 18.2 Å². The van der Waals surface area contributed by atoms with E-state index in [1.165, 1.54) is 13.2 Å². The molecule has 0 radical (unpaired) electrons. The Labute approximate surface area is 122 Å². The number of ether oxygens (including phenoxy) is 1. The predicted octanol–water partition coefficient (Wildman–Crippen LogP) is 2.34. The molecule has 0 heterocycles. The highest BCUT2D eigenvalue weighted by molar-refractivity contribution is 6.33. The first kappa shape index (κ1) is 14.8. The number of carbonyl (C=O) groups is 2. The molecular weight excluding hydrogens is 280 g/mol. The number of halogens is 1. The summed E-state index contributed by atoms with van der Waals surface area (Å²) in [4.78, 5) is 23.7. The highest BCUT2D eigenvalue weighted by Crippen LogP contribution is 2.29. The summed E-state index contributed by atoms with van der Waals surface area (Å²) in [5.74, 6) is -0.775. The first-order valence-electron chi connectivity index (χ1n) is 6.44. The summed E-state index contributed by atoms with van der Waals surface area (Å²) in [6.45, 7) is 0.